The van der Waals surface area contributed by atoms with E-state index in [0.717, 1.165) is 0 Å². The maximum Gasteiger partial charge on any atom is 0.339 e. The van der Waals surface area contributed by atoms with Gasteiger partial charge in [-0.25, -0.2) is 4.79 Å². The third-order valence-corrected chi connectivity index (χ3v) is 1.91. The van der Waals surface area contributed by atoms with Crippen molar-refractivity contribution >= 4 is 11.9 Å². The van der Waals surface area contributed by atoms with E-state index in [9.17, 15) is 9.59 Å². The normalized spacial score (nSPS) is 9.88. The summed E-state index contributed by atoms with van der Waals surface area (Å²) >= 11 is 0. The smallest absolute Gasteiger partial charge is 0.339 e. The first kappa shape index (κ1) is 12.3. The summed E-state index contributed by atoms with van der Waals surface area (Å²) in [6.07, 6.45) is 1.48. The molecule has 0 saturated carbocycles. The van der Waals surface area contributed by atoms with Crippen LogP contribution < -0.4 is 0 Å². The monoisotopic (exact) mass is 227 g/mol. The Morgan fingerprint density at radius 1 is 1.50 bits per heavy atom. The third kappa shape index (κ3) is 3.09. The summed E-state index contributed by atoms with van der Waals surface area (Å²) in [5.41, 5.74) is 0.748. The molecule has 16 heavy (non-hydrogen) atoms. The van der Waals surface area contributed by atoms with Gasteiger partial charge in [0.25, 0.3) is 0 Å². The lowest BCUT2D eigenvalue weighted by Crippen LogP contribution is -2.13. The largest absolute Gasteiger partial charge is 0.465 e. The lowest BCUT2D eigenvalue weighted by molar-refractivity contribution is -0.143. The number of rotatable bonds is 5. The molecule has 0 aliphatic heterocycles. The number of nitrogens with one attached hydrogen (secondary N) is 1. The Kier molecular flexibility index (Phi) is 4.53. The summed E-state index contributed by atoms with van der Waals surface area (Å²) in [6, 6.07) is 1.53. The minimum Gasteiger partial charge on any atom is -0.465 e. The molecule has 1 rings (SSSR count). The molecule has 1 heterocycles. The highest BCUT2D eigenvalue weighted by Crippen LogP contribution is 2.09. The Hall–Kier alpha value is -1.82. The van der Waals surface area contributed by atoms with E-state index in [0.29, 0.717) is 11.3 Å². The fraction of sp³-hybridized carbons (Fsp3) is 0.400. The van der Waals surface area contributed by atoms with E-state index in [1.807, 2.05) is 0 Å². The minimum absolute atomic E-state index is 0.0485. The van der Waals surface area contributed by atoms with Crippen molar-refractivity contribution < 1.29 is 24.2 Å². The van der Waals surface area contributed by atoms with E-state index in [1.54, 1.807) is 6.20 Å². The number of hydrogen-bond donors (Lipinski definition) is 2. The zero-order valence-electron chi connectivity index (χ0n) is 8.86. The summed E-state index contributed by atoms with van der Waals surface area (Å²) in [4.78, 5) is 25.2. The van der Waals surface area contributed by atoms with Crippen LogP contribution in [-0.2, 0) is 20.7 Å². The van der Waals surface area contributed by atoms with Crippen molar-refractivity contribution in [1.29, 1.82) is 0 Å². The van der Waals surface area contributed by atoms with Crippen LogP contribution in [0.25, 0.3) is 0 Å². The van der Waals surface area contributed by atoms with Crippen molar-refractivity contribution in [3.63, 3.8) is 0 Å². The van der Waals surface area contributed by atoms with Crippen molar-refractivity contribution in [3.8, 4) is 0 Å². The quantitative estimate of drug-likeness (QED) is 0.684. The van der Waals surface area contributed by atoms with Crippen LogP contribution in [-0.4, -0.2) is 42.4 Å². The Morgan fingerprint density at radius 2 is 2.25 bits per heavy atom. The van der Waals surface area contributed by atoms with E-state index in [-0.39, 0.29) is 19.6 Å². The lowest BCUT2D eigenvalue weighted by Gasteiger charge is -2.03. The summed E-state index contributed by atoms with van der Waals surface area (Å²) in [7, 11) is 1.27. The highest BCUT2D eigenvalue weighted by Gasteiger charge is 2.15. The van der Waals surface area contributed by atoms with E-state index in [4.69, 9.17) is 5.11 Å². The average molecular weight is 227 g/mol. The molecule has 0 saturated heterocycles. The first-order chi connectivity index (χ1) is 7.69. The van der Waals surface area contributed by atoms with Crippen LogP contribution >= 0.6 is 0 Å². The SMILES string of the molecule is COC(=O)c1cc[nH]c1CC(=O)OCCO. The number of H-pyrrole nitrogens is 1. The van der Waals surface area contributed by atoms with E-state index < -0.39 is 11.9 Å². The molecule has 0 spiro atoms. The Morgan fingerprint density at radius 3 is 2.88 bits per heavy atom. The molecule has 6 heteroatoms. The molecule has 88 valence electrons. The molecule has 0 radical (unpaired) electrons. The molecule has 1 aromatic rings. The highest BCUT2D eigenvalue weighted by molar-refractivity contribution is 5.92. The minimum atomic E-state index is -0.512. The highest BCUT2D eigenvalue weighted by atomic mass is 16.5. The van der Waals surface area contributed by atoms with Gasteiger partial charge in [0.05, 0.1) is 25.7 Å². The molecule has 0 bridgehead atoms. The zero-order chi connectivity index (χ0) is 12.0. The van der Waals surface area contributed by atoms with Crippen LogP contribution in [0.1, 0.15) is 16.1 Å². The van der Waals surface area contributed by atoms with Crippen LogP contribution in [0.4, 0.5) is 0 Å². The molecular weight excluding hydrogens is 214 g/mol. The van der Waals surface area contributed by atoms with Gasteiger partial charge in [-0.15, -0.1) is 0 Å². The Bertz CT molecular complexity index is 371. The number of carbonyl (C=O) groups is 2. The molecule has 6 nitrogen and oxygen atoms in total. The first-order valence-corrected chi connectivity index (χ1v) is 4.70. The third-order valence-electron chi connectivity index (χ3n) is 1.91. The maximum atomic E-state index is 11.3. The van der Waals surface area contributed by atoms with Crippen molar-refractivity contribution in [2.24, 2.45) is 0 Å². The second kappa shape index (κ2) is 5.92. The number of aromatic amines is 1. The molecule has 0 aliphatic rings. The lowest BCUT2D eigenvalue weighted by atomic mass is 10.2. The van der Waals surface area contributed by atoms with E-state index in [2.05, 4.69) is 14.5 Å². The summed E-state index contributed by atoms with van der Waals surface area (Å²) in [5.74, 6) is -1.02. The summed E-state index contributed by atoms with van der Waals surface area (Å²) in [5, 5.41) is 8.46. The average Bonchev–Trinajstić information content (AvgIpc) is 2.73. The van der Waals surface area contributed by atoms with Crippen molar-refractivity contribution in [1.82, 2.24) is 4.98 Å². The van der Waals surface area contributed by atoms with E-state index in [1.165, 1.54) is 13.2 Å². The molecular formula is C10H13NO5. The van der Waals surface area contributed by atoms with Gasteiger partial charge in [0.15, 0.2) is 0 Å². The number of methoxy groups -OCH3 is 1. The number of aliphatic hydroxyl groups excluding tert-OH is 1. The summed E-state index contributed by atoms with van der Waals surface area (Å²) < 4.78 is 9.22. The molecule has 0 fully saturated rings. The first-order valence-electron chi connectivity index (χ1n) is 4.70. The molecule has 0 aromatic carbocycles. The van der Waals surface area contributed by atoms with Gasteiger partial charge in [0.1, 0.15) is 6.61 Å². The van der Waals surface area contributed by atoms with E-state index >= 15 is 0 Å². The van der Waals surface area contributed by atoms with Gasteiger partial charge in [-0.2, -0.15) is 0 Å². The Balaban J connectivity index is 2.63. The standard InChI is InChI=1S/C10H13NO5/c1-15-10(14)7-2-3-11-8(7)6-9(13)16-5-4-12/h2-3,11-12H,4-6H2,1H3. The molecule has 0 atom stereocenters. The van der Waals surface area contributed by atoms with Gasteiger partial charge >= 0.3 is 11.9 Å². The second-order valence-corrected chi connectivity index (χ2v) is 2.98. The van der Waals surface area contributed by atoms with Crippen molar-refractivity contribution in [2.45, 2.75) is 6.42 Å². The molecule has 2 N–H and O–H groups in total. The van der Waals surface area contributed by atoms with Crippen LogP contribution in [0, 0.1) is 0 Å². The van der Waals surface area contributed by atoms with Crippen LogP contribution in [0.3, 0.4) is 0 Å². The zero-order valence-corrected chi connectivity index (χ0v) is 8.86. The van der Waals surface area contributed by atoms with Crippen molar-refractivity contribution in [2.75, 3.05) is 20.3 Å². The van der Waals surface area contributed by atoms with Gasteiger partial charge in [-0.3, -0.25) is 4.79 Å². The van der Waals surface area contributed by atoms with Gasteiger partial charge in [-0.05, 0) is 6.07 Å². The van der Waals surface area contributed by atoms with Gasteiger partial charge in [0, 0.05) is 11.9 Å². The number of aliphatic hydroxyl groups is 1. The van der Waals surface area contributed by atoms with Gasteiger partial charge < -0.3 is 19.6 Å². The number of esters is 2. The van der Waals surface area contributed by atoms with Gasteiger partial charge in [-0.1, -0.05) is 0 Å². The summed E-state index contributed by atoms with van der Waals surface area (Å²) in [6.45, 7) is -0.270. The predicted octanol–water partition coefficient (Wildman–Crippen LogP) is -0.121. The molecule has 0 unspecified atom stereocenters. The Labute approximate surface area is 92.2 Å². The molecule has 1 aromatic heterocycles. The predicted molar refractivity (Wildman–Crippen MR) is 53.9 cm³/mol. The van der Waals surface area contributed by atoms with Crippen molar-refractivity contribution in [3.05, 3.63) is 23.5 Å². The fourth-order valence-electron chi connectivity index (χ4n) is 1.21. The second-order valence-electron chi connectivity index (χ2n) is 2.98. The number of aromatic nitrogens is 1. The molecule has 0 aliphatic carbocycles. The van der Waals surface area contributed by atoms with Crippen LogP contribution in [0.15, 0.2) is 12.3 Å². The van der Waals surface area contributed by atoms with Crippen LogP contribution in [0.2, 0.25) is 0 Å². The number of ether oxygens (including phenoxy) is 2. The van der Waals surface area contributed by atoms with Crippen LogP contribution in [0.5, 0.6) is 0 Å². The number of hydrogen-bond acceptors (Lipinski definition) is 5. The van der Waals surface area contributed by atoms with Gasteiger partial charge in [0.2, 0.25) is 0 Å². The molecule has 0 amide bonds. The number of carbonyl (C=O) groups excluding carboxylic acids is 2. The topological polar surface area (TPSA) is 88.6 Å². The fourth-order valence-corrected chi connectivity index (χ4v) is 1.21. The maximum absolute atomic E-state index is 11.3.